The van der Waals surface area contributed by atoms with E-state index in [4.69, 9.17) is 4.74 Å². The molecule has 0 aliphatic heterocycles. The van der Waals surface area contributed by atoms with Crippen LogP contribution in [0.1, 0.15) is 43.8 Å². The topological polar surface area (TPSA) is 52.4 Å². The van der Waals surface area contributed by atoms with Crippen LogP contribution in [-0.2, 0) is 4.74 Å². The van der Waals surface area contributed by atoms with E-state index in [1.54, 1.807) is 0 Å². The molecule has 0 saturated heterocycles. The maximum atomic E-state index is 10.8. The Hall–Kier alpha value is -1.42. The third kappa shape index (κ3) is 4.63. The fourth-order valence-corrected chi connectivity index (χ4v) is 2.66. The second-order valence-electron chi connectivity index (χ2n) is 5.25. The van der Waals surface area contributed by atoms with Crippen LogP contribution in [0.25, 0.3) is 0 Å². The van der Waals surface area contributed by atoms with E-state index in [-0.39, 0.29) is 11.5 Å². The van der Waals surface area contributed by atoms with Gasteiger partial charge in [-0.1, -0.05) is 49.6 Å². The lowest BCUT2D eigenvalue weighted by Gasteiger charge is -2.23. The number of rotatable bonds is 6. The summed E-state index contributed by atoms with van der Waals surface area (Å²) in [6, 6.07) is 9.50. The Morgan fingerprint density at radius 2 is 1.89 bits per heavy atom. The molecule has 1 fully saturated rings. The lowest BCUT2D eigenvalue weighted by atomic mass is 9.90. The zero-order valence-electron chi connectivity index (χ0n) is 11.2. The highest BCUT2D eigenvalue weighted by atomic mass is 16.6. The number of benzene rings is 1. The van der Waals surface area contributed by atoms with Crippen LogP contribution in [0.5, 0.6) is 0 Å². The van der Waals surface area contributed by atoms with E-state index in [9.17, 15) is 10.1 Å². The molecule has 0 amide bonds. The summed E-state index contributed by atoms with van der Waals surface area (Å²) < 4.78 is 5.84. The molecule has 0 aromatic heterocycles. The molecular weight excluding hydrogens is 242 g/mol. The summed E-state index contributed by atoms with van der Waals surface area (Å²) in [5.41, 5.74) is 0.898. The predicted octanol–water partition coefficient (Wildman–Crippen LogP) is 3.60. The minimum absolute atomic E-state index is 0.156. The van der Waals surface area contributed by atoms with Crippen LogP contribution < -0.4 is 0 Å². The summed E-state index contributed by atoms with van der Waals surface area (Å²) in [7, 11) is 0. The first-order valence-electron chi connectivity index (χ1n) is 7.04. The van der Waals surface area contributed by atoms with Crippen molar-refractivity contribution in [3.8, 4) is 0 Å². The molecule has 0 heterocycles. The predicted molar refractivity (Wildman–Crippen MR) is 73.6 cm³/mol. The fourth-order valence-electron chi connectivity index (χ4n) is 2.66. The molecular formula is C15H21NO3. The third-order valence-electron chi connectivity index (χ3n) is 3.74. The van der Waals surface area contributed by atoms with Crippen molar-refractivity contribution in [2.24, 2.45) is 5.92 Å². The molecule has 104 valence electrons. The van der Waals surface area contributed by atoms with Gasteiger partial charge in [-0.3, -0.25) is 10.1 Å². The summed E-state index contributed by atoms with van der Waals surface area (Å²) in [5.74, 6) is 0.576. The first-order chi connectivity index (χ1) is 9.25. The lowest BCUT2D eigenvalue weighted by Crippen LogP contribution is -2.20. The maximum Gasteiger partial charge on any atom is 0.233 e. The second-order valence-corrected chi connectivity index (χ2v) is 5.25. The quantitative estimate of drug-likeness (QED) is 0.582. The molecule has 1 aromatic carbocycles. The Labute approximate surface area is 113 Å². The van der Waals surface area contributed by atoms with Gasteiger partial charge in [0.25, 0.3) is 0 Å². The van der Waals surface area contributed by atoms with E-state index < -0.39 is 6.10 Å². The highest BCUT2D eigenvalue weighted by molar-refractivity contribution is 5.17. The zero-order valence-corrected chi connectivity index (χ0v) is 11.2. The number of ether oxygens (including phenoxy) is 1. The van der Waals surface area contributed by atoms with Crippen LogP contribution in [0, 0.1) is 16.0 Å². The minimum atomic E-state index is -0.418. The lowest BCUT2D eigenvalue weighted by molar-refractivity contribution is -0.493. The van der Waals surface area contributed by atoms with Gasteiger partial charge in [-0.25, -0.2) is 0 Å². The monoisotopic (exact) mass is 263 g/mol. The number of hydrogen-bond acceptors (Lipinski definition) is 3. The normalized spacial score (nSPS) is 18.1. The highest BCUT2D eigenvalue weighted by Gasteiger charge is 2.21. The largest absolute Gasteiger partial charge is 0.366 e. The molecule has 0 N–H and O–H groups in total. The van der Waals surface area contributed by atoms with Crippen molar-refractivity contribution in [2.75, 3.05) is 13.2 Å². The number of nitrogens with zero attached hydrogens (tertiary/aromatic N) is 1. The standard InChI is InChI=1S/C15H21NO3/c17-16(18)11-15(14-9-5-2-6-10-14)19-12-13-7-3-1-4-8-13/h2,5-6,9-10,13,15H,1,3-4,7-8,11-12H2. The minimum Gasteiger partial charge on any atom is -0.366 e. The van der Waals surface area contributed by atoms with E-state index >= 15 is 0 Å². The van der Waals surface area contributed by atoms with Crippen LogP contribution in [0.3, 0.4) is 0 Å². The van der Waals surface area contributed by atoms with Gasteiger partial charge in [-0.05, 0) is 24.3 Å². The van der Waals surface area contributed by atoms with Gasteiger partial charge < -0.3 is 4.74 Å². The Morgan fingerprint density at radius 1 is 1.21 bits per heavy atom. The Kier molecular flexibility index (Phi) is 5.33. The van der Waals surface area contributed by atoms with Crippen molar-refractivity contribution in [3.63, 3.8) is 0 Å². The first-order valence-corrected chi connectivity index (χ1v) is 7.04. The van der Waals surface area contributed by atoms with Gasteiger partial charge in [0.2, 0.25) is 6.54 Å². The average Bonchev–Trinajstić information content (AvgIpc) is 2.45. The van der Waals surface area contributed by atoms with Gasteiger partial charge >= 0.3 is 0 Å². The van der Waals surface area contributed by atoms with Crippen molar-refractivity contribution < 1.29 is 9.66 Å². The van der Waals surface area contributed by atoms with Gasteiger partial charge in [0.05, 0.1) is 6.61 Å². The summed E-state index contributed by atoms with van der Waals surface area (Å²) in [4.78, 5) is 10.5. The summed E-state index contributed by atoms with van der Waals surface area (Å²) in [6.45, 7) is 0.490. The van der Waals surface area contributed by atoms with Crippen molar-refractivity contribution >= 4 is 0 Å². The Balaban J connectivity index is 1.92. The summed E-state index contributed by atoms with van der Waals surface area (Å²) in [6.07, 6.45) is 5.81. The maximum absolute atomic E-state index is 10.8. The number of hydrogen-bond donors (Lipinski definition) is 0. The molecule has 1 aromatic rings. The zero-order chi connectivity index (χ0) is 13.5. The van der Waals surface area contributed by atoms with E-state index in [2.05, 4.69) is 0 Å². The number of nitro groups is 1. The van der Waals surface area contributed by atoms with Crippen LogP contribution in [0.2, 0.25) is 0 Å². The van der Waals surface area contributed by atoms with E-state index in [0.717, 1.165) is 5.56 Å². The summed E-state index contributed by atoms with van der Waals surface area (Å²) in [5, 5.41) is 10.8. The fraction of sp³-hybridized carbons (Fsp3) is 0.600. The molecule has 0 bridgehead atoms. The van der Waals surface area contributed by atoms with Crippen molar-refractivity contribution in [3.05, 3.63) is 46.0 Å². The van der Waals surface area contributed by atoms with E-state index in [1.165, 1.54) is 32.1 Å². The average molecular weight is 263 g/mol. The van der Waals surface area contributed by atoms with Crippen molar-refractivity contribution in [1.82, 2.24) is 0 Å². The van der Waals surface area contributed by atoms with Crippen LogP contribution >= 0.6 is 0 Å². The Bertz CT molecular complexity index is 388. The third-order valence-corrected chi connectivity index (χ3v) is 3.74. The van der Waals surface area contributed by atoms with Gasteiger partial charge in [0.1, 0.15) is 6.10 Å². The van der Waals surface area contributed by atoms with Crippen LogP contribution in [-0.4, -0.2) is 18.1 Å². The molecule has 4 nitrogen and oxygen atoms in total. The molecule has 1 saturated carbocycles. The summed E-state index contributed by atoms with van der Waals surface area (Å²) >= 11 is 0. The smallest absolute Gasteiger partial charge is 0.233 e. The molecule has 19 heavy (non-hydrogen) atoms. The highest BCUT2D eigenvalue weighted by Crippen LogP contribution is 2.26. The Morgan fingerprint density at radius 3 is 2.53 bits per heavy atom. The second kappa shape index (κ2) is 7.24. The van der Waals surface area contributed by atoms with Gasteiger partial charge in [-0.2, -0.15) is 0 Å². The van der Waals surface area contributed by atoms with Crippen LogP contribution in [0.15, 0.2) is 30.3 Å². The van der Waals surface area contributed by atoms with Gasteiger partial charge in [-0.15, -0.1) is 0 Å². The molecule has 1 aliphatic rings. The SMILES string of the molecule is O=[N+]([O-])CC(OCC1CCCCC1)c1ccccc1. The van der Waals surface area contributed by atoms with Crippen molar-refractivity contribution in [1.29, 1.82) is 0 Å². The van der Waals surface area contributed by atoms with Crippen LogP contribution in [0.4, 0.5) is 0 Å². The van der Waals surface area contributed by atoms with E-state index in [1.807, 2.05) is 30.3 Å². The molecule has 1 unspecified atom stereocenters. The van der Waals surface area contributed by atoms with Gasteiger partial charge in [0, 0.05) is 4.92 Å². The van der Waals surface area contributed by atoms with Gasteiger partial charge in [0.15, 0.2) is 0 Å². The molecule has 0 spiro atoms. The molecule has 1 aliphatic carbocycles. The molecule has 0 radical (unpaired) electrons. The van der Waals surface area contributed by atoms with Crippen molar-refractivity contribution in [2.45, 2.75) is 38.2 Å². The molecule has 1 atom stereocenters. The first kappa shape index (κ1) is 14.0. The molecule has 4 heteroatoms. The van der Waals surface area contributed by atoms with E-state index in [0.29, 0.717) is 12.5 Å². The molecule has 2 rings (SSSR count).